The first-order chi connectivity index (χ1) is 10.5. The van der Waals surface area contributed by atoms with Crippen molar-refractivity contribution in [3.8, 4) is 0 Å². The molecule has 1 aromatic carbocycles. The van der Waals surface area contributed by atoms with Crippen LogP contribution in [0.4, 0.5) is 5.69 Å². The zero-order chi connectivity index (χ0) is 16.5. The van der Waals surface area contributed by atoms with E-state index in [1.54, 1.807) is 31.3 Å². The van der Waals surface area contributed by atoms with Gasteiger partial charge in [0.1, 0.15) is 0 Å². The van der Waals surface area contributed by atoms with E-state index in [0.717, 1.165) is 12.5 Å². The molecule has 0 unspecified atom stereocenters. The van der Waals surface area contributed by atoms with Gasteiger partial charge >= 0.3 is 0 Å². The van der Waals surface area contributed by atoms with Crippen LogP contribution in [0.15, 0.2) is 36.9 Å². The van der Waals surface area contributed by atoms with Crippen molar-refractivity contribution in [3.05, 3.63) is 42.5 Å². The third-order valence-corrected chi connectivity index (χ3v) is 2.86. The number of nitrogens with zero attached hydrogens (tertiary/aromatic N) is 1. The lowest BCUT2D eigenvalue weighted by Crippen LogP contribution is -2.38. The molecule has 0 aliphatic heterocycles. The van der Waals surface area contributed by atoms with Crippen LogP contribution in [0.3, 0.4) is 0 Å². The number of carbonyl (C=O) groups is 3. The highest BCUT2D eigenvalue weighted by Crippen LogP contribution is 2.12. The molecule has 3 amide bonds. The highest BCUT2D eigenvalue weighted by molar-refractivity contribution is 6.01. The second kappa shape index (κ2) is 8.61. The van der Waals surface area contributed by atoms with Crippen LogP contribution in [0.1, 0.15) is 23.7 Å². The number of nitrogens with one attached hydrogen (secondary N) is 2. The third-order valence-electron chi connectivity index (χ3n) is 2.86. The van der Waals surface area contributed by atoms with E-state index in [9.17, 15) is 14.4 Å². The predicted octanol–water partition coefficient (Wildman–Crippen LogP) is 1.41. The van der Waals surface area contributed by atoms with Crippen molar-refractivity contribution < 1.29 is 14.4 Å². The minimum Gasteiger partial charge on any atom is -0.355 e. The number of hydrogen-bond acceptors (Lipinski definition) is 3. The van der Waals surface area contributed by atoms with Crippen LogP contribution in [-0.4, -0.2) is 42.8 Å². The molecule has 0 bridgehead atoms. The number of benzene rings is 1. The van der Waals surface area contributed by atoms with E-state index in [0.29, 0.717) is 17.8 Å². The number of likely N-dealkylation sites (N-methyl/N-ethyl adjacent to an activating group) is 1. The molecule has 0 aliphatic carbocycles. The molecule has 22 heavy (non-hydrogen) atoms. The van der Waals surface area contributed by atoms with Gasteiger partial charge in [-0.05, 0) is 30.7 Å². The molecule has 0 atom stereocenters. The van der Waals surface area contributed by atoms with Crippen molar-refractivity contribution in [1.82, 2.24) is 10.2 Å². The second-order valence-electron chi connectivity index (χ2n) is 4.79. The highest BCUT2D eigenvalue weighted by atomic mass is 16.2. The van der Waals surface area contributed by atoms with Crippen molar-refractivity contribution >= 4 is 23.4 Å². The molecule has 118 valence electrons. The zero-order valence-corrected chi connectivity index (χ0v) is 12.9. The van der Waals surface area contributed by atoms with E-state index in [1.165, 1.54) is 4.90 Å². The maximum absolute atomic E-state index is 12.3. The lowest BCUT2D eigenvalue weighted by atomic mass is 10.1. The first-order valence-corrected chi connectivity index (χ1v) is 7.03. The fourth-order valence-corrected chi connectivity index (χ4v) is 1.75. The molecule has 6 nitrogen and oxygen atoms in total. The Labute approximate surface area is 130 Å². The van der Waals surface area contributed by atoms with E-state index < -0.39 is 0 Å². The van der Waals surface area contributed by atoms with Crippen molar-refractivity contribution in [1.29, 1.82) is 0 Å². The van der Waals surface area contributed by atoms with E-state index in [1.807, 2.05) is 6.92 Å². The SMILES string of the molecule is C=CC(=O)Nc1cccc(C(=O)N(C)CC(=O)NCCC)c1. The van der Waals surface area contributed by atoms with Crippen LogP contribution in [0, 0.1) is 0 Å². The van der Waals surface area contributed by atoms with Crippen LogP contribution in [0.25, 0.3) is 0 Å². The molecular weight excluding hydrogens is 282 g/mol. The first-order valence-electron chi connectivity index (χ1n) is 7.03. The normalized spacial score (nSPS) is 9.73. The Bertz CT molecular complexity index is 570. The summed E-state index contributed by atoms with van der Waals surface area (Å²) in [5.74, 6) is -0.841. The third kappa shape index (κ3) is 5.40. The molecule has 0 saturated heterocycles. The predicted molar refractivity (Wildman–Crippen MR) is 85.5 cm³/mol. The molecule has 0 saturated carbocycles. The Morgan fingerprint density at radius 3 is 2.68 bits per heavy atom. The van der Waals surface area contributed by atoms with E-state index in [4.69, 9.17) is 0 Å². The Hall–Kier alpha value is -2.63. The van der Waals surface area contributed by atoms with Gasteiger partial charge < -0.3 is 15.5 Å². The molecule has 1 rings (SSSR count). The van der Waals surface area contributed by atoms with Gasteiger partial charge in [0.15, 0.2) is 0 Å². The van der Waals surface area contributed by atoms with Gasteiger partial charge in [-0.1, -0.05) is 19.6 Å². The summed E-state index contributed by atoms with van der Waals surface area (Å²) in [5, 5.41) is 5.30. The van der Waals surface area contributed by atoms with Crippen molar-refractivity contribution in [2.45, 2.75) is 13.3 Å². The van der Waals surface area contributed by atoms with E-state index >= 15 is 0 Å². The molecule has 2 N–H and O–H groups in total. The number of carbonyl (C=O) groups excluding carboxylic acids is 3. The van der Waals surface area contributed by atoms with Crippen LogP contribution < -0.4 is 10.6 Å². The summed E-state index contributed by atoms with van der Waals surface area (Å²) in [6.45, 7) is 5.90. The molecule has 0 aromatic heterocycles. The van der Waals surface area contributed by atoms with Crippen molar-refractivity contribution in [2.75, 3.05) is 25.5 Å². The number of rotatable bonds is 7. The molecule has 1 aromatic rings. The Morgan fingerprint density at radius 1 is 1.32 bits per heavy atom. The summed E-state index contributed by atoms with van der Waals surface area (Å²) in [4.78, 5) is 36.5. The standard InChI is InChI=1S/C16H21N3O3/c1-4-9-17-15(21)11-19(3)16(22)12-7-6-8-13(10-12)18-14(20)5-2/h5-8,10H,2,4,9,11H2,1,3H3,(H,17,21)(H,18,20). The van der Waals surface area contributed by atoms with Gasteiger partial charge in [0, 0.05) is 24.8 Å². The molecule has 0 fully saturated rings. The largest absolute Gasteiger partial charge is 0.355 e. The Kier molecular flexibility index (Phi) is 6.82. The molecule has 0 heterocycles. The van der Waals surface area contributed by atoms with Crippen molar-refractivity contribution in [2.24, 2.45) is 0 Å². The summed E-state index contributed by atoms with van der Waals surface area (Å²) >= 11 is 0. The fraction of sp³-hybridized carbons (Fsp3) is 0.312. The summed E-state index contributed by atoms with van der Waals surface area (Å²) in [7, 11) is 1.56. The summed E-state index contributed by atoms with van der Waals surface area (Å²) < 4.78 is 0. The van der Waals surface area contributed by atoms with Gasteiger partial charge in [0.05, 0.1) is 6.54 Å². The van der Waals surface area contributed by atoms with E-state index in [-0.39, 0.29) is 24.3 Å². The average molecular weight is 303 g/mol. The summed E-state index contributed by atoms with van der Waals surface area (Å²) in [5.41, 5.74) is 0.896. The quantitative estimate of drug-likeness (QED) is 0.748. The molecule has 6 heteroatoms. The summed E-state index contributed by atoms with van der Waals surface area (Å²) in [6.07, 6.45) is 1.99. The van der Waals surface area contributed by atoms with E-state index in [2.05, 4.69) is 17.2 Å². The maximum Gasteiger partial charge on any atom is 0.254 e. The molecule has 0 aliphatic rings. The Morgan fingerprint density at radius 2 is 2.05 bits per heavy atom. The van der Waals surface area contributed by atoms with Gasteiger partial charge in [-0.3, -0.25) is 14.4 Å². The smallest absolute Gasteiger partial charge is 0.254 e. The monoisotopic (exact) mass is 303 g/mol. The van der Waals surface area contributed by atoms with Gasteiger partial charge in [0.2, 0.25) is 11.8 Å². The van der Waals surface area contributed by atoms with Gasteiger partial charge in [-0.2, -0.15) is 0 Å². The topological polar surface area (TPSA) is 78.5 Å². The lowest BCUT2D eigenvalue weighted by Gasteiger charge is -2.17. The first kappa shape index (κ1) is 17.4. The zero-order valence-electron chi connectivity index (χ0n) is 12.9. The maximum atomic E-state index is 12.3. The number of hydrogen-bond donors (Lipinski definition) is 2. The van der Waals surface area contributed by atoms with Crippen LogP contribution >= 0.6 is 0 Å². The second-order valence-corrected chi connectivity index (χ2v) is 4.79. The van der Waals surface area contributed by atoms with Crippen molar-refractivity contribution in [3.63, 3.8) is 0 Å². The minimum absolute atomic E-state index is 0.0118. The molecule has 0 radical (unpaired) electrons. The highest BCUT2D eigenvalue weighted by Gasteiger charge is 2.15. The summed E-state index contributed by atoms with van der Waals surface area (Å²) in [6, 6.07) is 6.53. The van der Waals surface area contributed by atoms with Gasteiger partial charge in [0.25, 0.3) is 5.91 Å². The number of anilines is 1. The van der Waals surface area contributed by atoms with Crippen LogP contribution in [0.2, 0.25) is 0 Å². The van der Waals surface area contributed by atoms with Crippen LogP contribution in [0.5, 0.6) is 0 Å². The van der Waals surface area contributed by atoms with Gasteiger partial charge in [-0.25, -0.2) is 0 Å². The Balaban J connectivity index is 2.71. The minimum atomic E-state index is -0.350. The molecule has 0 spiro atoms. The number of amides is 3. The van der Waals surface area contributed by atoms with Crippen LogP contribution in [-0.2, 0) is 9.59 Å². The van der Waals surface area contributed by atoms with Gasteiger partial charge in [-0.15, -0.1) is 0 Å². The average Bonchev–Trinajstić information content (AvgIpc) is 2.52. The molecular formula is C16H21N3O3. The fourth-order valence-electron chi connectivity index (χ4n) is 1.75. The lowest BCUT2D eigenvalue weighted by molar-refractivity contribution is -0.121.